The molecule has 4 nitrogen and oxygen atoms in total. The van der Waals surface area contributed by atoms with Gasteiger partial charge in [0.05, 0.1) is 12.1 Å². The van der Waals surface area contributed by atoms with E-state index in [2.05, 4.69) is 21.3 Å². The molecule has 1 aliphatic rings. The molecular weight excluding hydrogens is 250 g/mol. The van der Waals surface area contributed by atoms with Gasteiger partial charge in [0.25, 0.3) is 0 Å². The van der Waals surface area contributed by atoms with Crippen LogP contribution in [0, 0.1) is 0 Å². The number of aliphatic hydroxyl groups is 1. The van der Waals surface area contributed by atoms with Crippen LogP contribution in [0.2, 0.25) is 0 Å². The molecule has 0 saturated carbocycles. The zero-order valence-corrected chi connectivity index (χ0v) is 11.6. The molecule has 1 fully saturated rings. The molecule has 1 aromatic carbocycles. The second kappa shape index (κ2) is 6.20. The number of anilines is 1. The van der Waals surface area contributed by atoms with Gasteiger partial charge < -0.3 is 15.3 Å². The van der Waals surface area contributed by atoms with Crippen molar-refractivity contribution in [1.29, 1.82) is 0 Å². The number of pyridine rings is 1. The minimum absolute atomic E-state index is 0.170. The van der Waals surface area contributed by atoms with Crippen LogP contribution in [0.15, 0.2) is 36.5 Å². The SMILES string of the molecule is OCCN(CC1CCCN1)c1ccnc2ccccc12. The summed E-state index contributed by atoms with van der Waals surface area (Å²) in [6, 6.07) is 10.8. The van der Waals surface area contributed by atoms with Gasteiger partial charge in [0.2, 0.25) is 0 Å². The summed E-state index contributed by atoms with van der Waals surface area (Å²) in [5, 5.41) is 14.0. The molecule has 0 bridgehead atoms. The molecule has 0 amide bonds. The number of benzene rings is 1. The van der Waals surface area contributed by atoms with E-state index in [4.69, 9.17) is 0 Å². The number of fused-ring (bicyclic) bond motifs is 1. The lowest BCUT2D eigenvalue weighted by atomic mass is 10.1. The summed E-state index contributed by atoms with van der Waals surface area (Å²) in [4.78, 5) is 6.68. The molecule has 20 heavy (non-hydrogen) atoms. The Morgan fingerprint density at radius 1 is 1.30 bits per heavy atom. The van der Waals surface area contributed by atoms with Crippen LogP contribution in [-0.2, 0) is 0 Å². The highest BCUT2D eigenvalue weighted by atomic mass is 16.3. The highest BCUT2D eigenvalue weighted by molar-refractivity contribution is 5.91. The Balaban J connectivity index is 1.91. The molecule has 0 aliphatic carbocycles. The Bertz CT molecular complexity index is 561. The summed E-state index contributed by atoms with van der Waals surface area (Å²) in [5.74, 6) is 0. The maximum atomic E-state index is 9.37. The lowest BCUT2D eigenvalue weighted by Crippen LogP contribution is -2.39. The van der Waals surface area contributed by atoms with Gasteiger partial charge in [0.15, 0.2) is 0 Å². The Morgan fingerprint density at radius 2 is 2.20 bits per heavy atom. The summed E-state index contributed by atoms with van der Waals surface area (Å²) in [6.07, 6.45) is 4.31. The van der Waals surface area contributed by atoms with Crippen molar-refractivity contribution >= 4 is 16.6 Å². The summed E-state index contributed by atoms with van der Waals surface area (Å²) in [5.41, 5.74) is 2.17. The van der Waals surface area contributed by atoms with E-state index >= 15 is 0 Å². The van der Waals surface area contributed by atoms with Gasteiger partial charge in [0.1, 0.15) is 0 Å². The van der Waals surface area contributed by atoms with Gasteiger partial charge in [-0.25, -0.2) is 0 Å². The van der Waals surface area contributed by atoms with E-state index in [0.29, 0.717) is 12.6 Å². The van der Waals surface area contributed by atoms with Crippen LogP contribution < -0.4 is 10.2 Å². The standard InChI is InChI=1S/C16H21N3O/c20-11-10-19(12-13-4-3-8-17-13)16-7-9-18-15-6-2-1-5-14(15)16/h1-2,5-7,9,13,17,20H,3-4,8,10-12H2. The molecule has 0 radical (unpaired) electrons. The van der Waals surface area contributed by atoms with Gasteiger partial charge >= 0.3 is 0 Å². The van der Waals surface area contributed by atoms with Crippen LogP contribution in [-0.4, -0.2) is 42.4 Å². The lowest BCUT2D eigenvalue weighted by molar-refractivity contribution is 0.300. The van der Waals surface area contributed by atoms with Gasteiger partial charge in [-0.2, -0.15) is 0 Å². The van der Waals surface area contributed by atoms with Crippen molar-refractivity contribution in [2.45, 2.75) is 18.9 Å². The van der Waals surface area contributed by atoms with Crippen molar-refractivity contribution in [3.05, 3.63) is 36.5 Å². The zero-order chi connectivity index (χ0) is 13.8. The van der Waals surface area contributed by atoms with Crippen LogP contribution in [0.25, 0.3) is 10.9 Å². The fraction of sp³-hybridized carbons (Fsp3) is 0.438. The average molecular weight is 271 g/mol. The van der Waals surface area contributed by atoms with Gasteiger partial charge in [0, 0.05) is 36.4 Å². The van der Waals surface area contributed by atoms with Crippen molar-refractivity contribution < 1.29 is 5.11 Å². The average Bonchev–Trinajstić information content (AvgIpc) is 2.99. The first-order chi connectivity index (χ1) is 9.88. The van der Waals surface area contributed by atoms with Crippen molar-refractivity contribution in [3.63, 3.8) is 0 Å². The number of rotatable bonds is 5. The molecule has 2 N–H and O–H groups in total. The Labute approximate surface area is 119 Å². The third-order valence-corrected chi connectivity index (χ3v) is 3.94. The number of hydrogen-bond acceptors (Lipinski definition) is 4. The molecule has 1 saturated heterocycles. The number of nitrogens with one attached hydrogen (secondary N) is 1. The first-order valence-corrected chi connectivity index (χ1v) is 7.31. The maximum Gasteiger partial charge on any atom is 0.0722 e. The van der Waals surface area contributed by atoms with Crippen molar-refractivity contribution in [1.82, 2.24) is 10.3 Å². The van der Waals surface area contributed by atoms with Gasteiger partial charge in [-0.15, -0.1) is 0 Å². The van der Waals surface area contributed by atoms with E-state index in [9.17, 15) is 5.11 Å². The fourth-order valence-corrected chi connectivity index (χ4v) is 2.97. The normalized spacial score (nSPS) is 18.6. The van der Waals surface area contributed by atoms with Crippen LogP contribution in [0.3, 0.4) is 0 Å². The lowest BCUT2D eigenvalue weighted by Gasteiger charge is -2.28. The van der Waals surface area contributed by atoms with E-state index in [1.54, 1.807) is 0 Å². The molecule has 4 heteroatoms. The molecule has 1 aromatic heterocycles. The Morgan fingerprint density at radius 3 is 3.00 bits per heavy atom. The second-order valence-electron chi connectivity index (χ2n) is 5.31. The van der Waals surface area contributed by atoms with E-state index in [1.165, 1.54) is 18.5 Å². The van der Waals surface area contributed by atoms with E-state index < -0.39 is 0 Å². The molecule has 3 rings (SSSR count). The quantitative estimate of drug-likeness (QED) is 0.870. The van der Waals surface area contributed by atoms with E-state index in [0.717, 1.165) is 24.0 Å². The molecule has 0 spiro atoms. The highest BCUT2D eigenvalue weighted by Crippen LogP contribution is 2.25. The molecular formula is C16H21N3O. The third kappa shape index (κ3) is 2.76. The van der Waals surface area contributed by atoms with Crippen LogP contribution in [0.4, 0.5) is 5.69 Å². The summed E-state index contributed by atoms with van der Waals surface area (Å²) in [7, 11) is 0. The third-order valence-electron chi connectivity index (χ3n) is 3.94. The molecule has 1 unspecified atom stereocenters. The topological polar surface area (TPSA) is 48.4 Å². The fourth-order valence-electron chi connectivity index (χ4n) is 2.97. The molecule has 1 aliphatic heterocycles. The van der Waals surface area contributed by atoms with Crippen molar-refractivity contribution in [2.24, 2.45) is 0 Å². The van der Waals surface area contributed by atoms with Gasteiger partial charge in [-0.3, -0.25) is 4.98 Å². The monoisotopic (exact) mass is 271 g/mol. The predicted molar refractivity (Wildman–Crippen MR) is 82.1 cm³/mol. The maximum absolute atomic E-state index is 9.37. The highest BCUT2D eigenvalue weighted by Gasteiger charge is 2.19. The van der Waals surface area contributed by atoms with Gasteiger partial charge in [-0.1, -0.05) is 18.2 Å². The number of aliphatic hydroxyl groups excluding tert-OH is 1. The largest absolute Gasteiger partial charge is 0.395 e. The number of para-hydroxylation sites is 1. The minimum atomic E-state index is 0.170. The smallest absolute Gasteiger partial charge is 0.0722 e. The second-order valence-corrected chi connectivity index (χ2v) is 5.31. The molecule has 2 aromatic rings. The number of nitrogens with zero attached hydrogens (tertiary/aromatic N) is 2. The predicted octanol–water partition coefficient (Wildman–Crippen LogP) is 1.79. The Hall–Kier alpha value is -1.65. The van der Waals surface area contributed by atoms with Crippen molar-refractivity contribution in [2.75, 3.05) is 31.1 Å². The summed E-state index contributed by atoms with van der Waals surface area (Å²) >= 11 is 0. The van der Waals surface area contributed by atoms with Gasteiger partial charge in [-0.05, 0) is 31.5 Å². The van der Waals surface area contributed by atoms with Crippen LogP contribution in [0.5, 0.6) is 0 Å². The van der Waals surface area contributed by atoms with E-state index in [-0.39, 0.29) is 6.61 Å². The summed E-state index contributed by atoms with van der Waals surface area (Å²) in [6.45, 7) is 2.87. The van der Waals surface area contributed by atoms with Crippen LogP contribution >= 0.6 is 0 Å². The molecule has 2 heterocycles. The first-order valence-electron chi connectivity index (χ1n) is 7.31. The van der Waals surface area contributed by atoms with Crippen LogP contribution in [0.1, 0.15) is 12.8 Å². The summed E-state index contributed by atoms with van der Waals surface area (Å²) < 4.78 is 0. The van der Waals surface area contributed by atoms with E-state index in [1.807, 2.05) is 30.5 Å². The van der Waals surface area contributed by atoms with Crippen molar-refractivity contribution in [3.8, 4) is 0 Å². The number of hydrogen-bond donors (Lipinski definition) is 2. The minimum Gasteiger partial charge on any atom is -0.395 e. The zero-order valence-electron chi connectivity index (χ0n) is 11.6. The Kier molecular flexibility index (Phi) is 4.14. The first kappa shape index (κ1) is 13.3. The number of aromatic nitrogens is 1. The molecule has 1 atom stereocenters. The molecule has 106 valence electrons.